The number of halogens is 3. The first-order chi connectivity index (χ1) is 16.4. The Labute approximate surface area is 206 Å². The molecule has 5 rings (SSSR count). The molecule has 0 saturated carbocycles. The number of nitrogens with zero attached hydrogens (tertiary/aromatic N) is 2. The van der Waals surface area contributed by atoms with Gasteiger partial charge in [0.2, 0.25) is 5.88 Å². The van der Waals surface area contributed by atoms with E-state index in [1.165, 1.54) is 13.3 Å². The van der Waals surface area contributed by atoms with Gasteiger partial charge < -0.3 is 24.6 Å². The number of aryl methyl sites for hydroxylation is 1. The highest BCUT2D eigenvalue weighted by Gasteiger charge is 2.55. The van der Waals surface area contributed by atoms with E-state index in [-0.39, 0.29) is 31.6 Å². The molecule has 0 radical (unpaired) electrons. The fraction of sp³-hybridized carbons (Fsp3) is 0.417. The number of rotatable bonds is 7. The van der Waals surface area contributed by atoms with Crippen molar-refractivity contribution in [3.63, 3.8) is 0 Å². The van der Waals surface area contributed by atoms with E-state index in [9.17, 15) is 9.50 Å². The van der Waals surface area contributed by atoms with Gasteiger partial charge in [-0.05, 0) is 36.6 Å². The minimum atomic E-state index is -1.24. The van der Waals surface area contributed by atoms with Crippen LogP contribution in [0.2, 0.25) is 10.0 Å². The molecule has 34 heavy (non-hydrogen) atoms. The minimum Gasteiger partial charge on any atom is -0.481 e. The van der Waals surface area contributed by atoms with Crippen LogP contribution in [0.4, 0.5) is 4.39 Å². The Balaban J connectivity index is 1.27. The van der Waals surface area contributed by atoms with E-state index in [0.717, 1.165) is 5.56 Å². The first kappa shape index (κ1) is 23.7. The minimum absolute atomic E-state index is 0.0992. The zero-order valence-corrected chi connectivity index (χ0v) is 19.9. The van der Waals surface area contributed by atoms with Crippen LogP contribution in [-0.2, 0) is 22.4 Å². The van der Waals surface area contributed by atoms with Gasteiger partial charge >= 0.3 is 0 Å². The lowest BCUT2D eigenvalue weighted by molar-refractivity contribution is -0.0698. The Kier molecular flexibility index (Phi) is 6.63. The molecule has 4 atom stereocenters. The van der Waals surface area contributed by atoms with Crippen LogP contribution in [0.3, 0.4) is 0 Å². The smallest absolute Gasteiger partial charge is 0.213 e. The molecule has 2 aromatic heterocycles. The van der Waals surface area contributed by atoms with Crippen LogP contribution in [0.25, 0.3) is 11.0 Å². The van der Waals surface area contributed by atoms with E-state index >= 15 is 0 Å². The van der Waals surface area contributed by atoms with Crippen molar-refractivity contribution in [1.29, 1.82) is 0 Å². The Morgan fingerprint density at radius 2 is 2.09 bits per heavy atom. The van der Waals surface area contributed by atoms with Crippen LogP contribution in [0.15, 0.2) is 36.5 Å². The van der Waals surface area contributed by atoms with Gasteiger partial charge in [0.05, 0.1) is 53.6 Å². The molecule has 1 aromatic carbocycles. The summed E-state index contributed by atoms with van der Waals surface area (Å²) in [4.78, 5) is 8.47. The van der Waals surface area contributed by atoms with E-state index < -0.39 is 17.5 Å². The standard InChI is InChI=1S/C24H24Cl2FN3O4/c1-32-20-5-4-18-21(30-20)14(17(27)10-29-18)6-7-24(31)12-34-22-19(11-33-23(22)24)28-9-13-2-3-15(25)16(26)8-13/h2-5,8,10,19,22-23,28,31H,6-7,9,11-12H2,1H3/t19-,22+,23-,24+/m0/s1. The summed E-state index contributed by atoms with van der Waals surface area (Å²) in [6.07, 6.45) is 0.850. The summed E-state index contributed by atoms with van der Waals surface area (Å²) in [6, 6.07) is 8.78. The monoisotopic (exact) mass is 507 g/mol. The number of hydrogen-bond donors (Lipinski definition) is 2. The Bertz CT molecular complexity index is 1220. The predicted molar refractivity (Wildman–Crippen MR) is 126 cm³/mol. The highest BCUT2D eigenvalue weighted by atomic mass is 35.5. The van der Waals surface area contributed by atoms with Crippen molar-refractivity contribution in [2.45, 2.75) is 43.2 Å². The van der Waals surface area contributed by atoms with Crippen LogP contribution in [0.1, 0.15) is 17.5 Å². The number of hydrogen-bond acceptors (Lipinski definition) is 7. The molecule has 0 amide bonds. The molecule has 2 aliphatic heterocycles. The van der Waals surface area contributed by atoms with Gasteiger partial charge in [0, 0.05) is 18.2 Å². The van der Waals surface area contributed by atoms with Gasteiger partial charge in [-0.3, -0.25) is 4.98 Å². The first-order valence-electron chi connectivity index (χ1n) is 11.0. The number of nitrogens with one attached hydrogen (secondary N) is 1. The Morgan fingerprint density at radius 1 is 1.24 bits per heavy atom. The molecule has 4 heterocycles. The van der Waals surface area contributed by atoms with E-state index in [4.69, 9.17) is 37.4 Å². The molecule has 2 N–H and O–H groups in total. The van der Waals surface area contributed by atoms with Crippen molar-refractivity contribution < 1.29 is 23.7 Å². The molecule has 0 bridgehead atoms. The van der Waals surface area contributed by atoms with Crippen LogP contribution < -0.4 is 10.1 Å². The summed E-state index contributed by atoms with van der Waals surface area (Å²) >= 11 is 12.1. The number of methoxy groups -OCH3 is 1. The average molecular weight is 508 g/mol. The largest absolute Gasteiger partial charge is 0.481 e. The second kappa shape index (κ2) is 9.53. The molecule has 0 aliphatic carbocycles. The number of fused-ring (bicyclic) bond motifs is 2. The third kappa shape index (κ3) is 4.46. The van der Waals surface area contributed by atoms with Crippen LogP contribution in [0, 0.1) is 5.82 Å². The maximum atomic E-state index is 14.7. The summed E-state index contributed by atoms with van der Waals surface area (Å²) < 4.78 is 31.8. The number of aliphatic hydroxyl groups is 1. The van der Waals surface area contributed by atoms with Gasteiger partial charge in [-0.15, -0.1) is 0 Å². The van der Waals surface area contributed by atoms with Crippen molar-refractivity contribution in [2.24, 2.45) is 0 Å². The summed E-state index contributed by atoms with van der Waals surface area (Å²) in [6.45, 7) is 1.05. The van der Waals surface area contributed by atoms with Crippen molar-refractivity contribution in [2.75, 3.05) is 20.3 Å². The topological polar surface area (TPSA) is 85.7 Å². The SMILES string of the molecule is COc1ccc2ncc(F)c(CC[C@@]3(O)CO[C@@H]4[C@@H](NCc5ccc(Cl)c(Cl)c5)CO[C@@H]43)c2n1. The predicted octanol–water partition coefficient (Wildman–Crippen LogP) is 3.70. The van der Waals surface area contributed by atoms with Gasteiger partial charge in [-0.1, -0.05) is 29.3 Å². The van der Waals surface area contributed by atoms with Crippen molar-refractivity contribution in [1.82, 2.24) is 15.3 Å². The molecule has 0 spiro atoms. The molecule has 3 aromatic rings. The first-order valence-corrected chi connectivity index (χ1v) is 11.7. The third-order valence-corrected chi connectivity index (χ3v) is 7.25. The molecule has 2 saturated heterocycles. The number of aromatic nitrogens is 2. The lowest BCUT2D eigenvalue weighted by Crippen LogP contribution is -2.45. The van der Waals surface area contributed by atoms with Crippen LogP contribution >= 0.6 is 23.2 Å². The van der Waals surface area contributed by atoms with Crippen molar-refractivity contribution in [3.8, 4) is 5.88 Å². The van der Waals surface area contributed by atoms with Gasteiger partial charge in [0.1, 0.15) is 23.6 Å². The number of ether oxygens (including phenoxy) is 3. The van der Waals surface area contributed by atoms with Gasteiger partial charge in [-0.25, -0.2) is 9.37 Å². The molecular weight excluding hydrogens is 484 g/mol. The summed E-state index contributed by atoms with van der Waals surface area (Å²) in [5.41, 5.74) is 1.11. The zero-order chi connectivity index (χ0) is 23.9. The molecular formula is C24H24Cl2FN3O4. The lowest BCUT2D eigenvalue weighted by atomic mass is 9.89. The second-order valence-electron chi connectivity index (χ2n) is 8.68. The summed E-state index contributed by atoms with van der Waals surface area (Å²) in [5, 5.41) is 15.8. The van der Waals surface area contributed by atoms with E-state index in [1.807, 2.05) is 12.1 Å². The van der Waals surface area contributed by atoms with Crippen molar-refractivity contribution >= 4 is 34.2 Å². The second-order valence-corrected chi connectivity index (χ2v) is 9.49. The Morgan fingerprint density at radius 3 is 2.88 bits per heavy atom. The number of benzene rings is 1. The van der Waals surface area contributed by atoms with Gasteiger partial charge in [-0.2, -0.15) is 0 Å². The highest BCUT2D eigenvalue weighted by molar-refractivity contribution is 6.42. The molecule has 0 unspecified atom stereocenters. The molecule has 2 aliphatic rings. The van der Waals surface area contributed by atoms with Gasteiger partial charge in [0.15, 0.2) is 0 Å². The molecule has 2 fully saturated rings. The van der Waals surface area contributed by atoms with E-state index in [1.54, 1.807) is 18.2 Å². The maximum absolute atomic E-state index is 14.7. The van der Waals surface area contributed by atoms with E-state index in [0.29, 0.717) is 45.7 Å². The van der Waals surface area contributed by atoms with Gasteiger partial charge in [0.25, 0.3) is 0 Å². The molecule has 10 heteroatoms. The Hall–Kier alpha value is -2.07. The quantitative estimate of drug-likeness (QED) is 0.504. The summed E-state index contributed by atoms with van der Waals surface area (Å²) in [7, 11) is 1.50. The highest BCUT2D eigenvalue weighted by Crippen LogP contribution is 2.38. The van der Waals surface area contributed by atoms with E-state index in [2.05, 4.69) is 15.3 Å². The summed E-state index contributed by atoms with van der Waals surface area (Å²) in [5.74, 6) is -0.0973. The normalized spacial score (nSPS) is 26.2. The maximum Gasteiger partial charge on any atom is 0.213 e. The average Bonchev–Trinajstić information content (AvgIpc) is 3.40. The molecule has 180 valence electrons. The molecule has 7 nitrogen and oxygen atoms in total. The fourth-order valence-electron chi connectivity index (χ4n) is 4.65. The number of pyridine rings is 2. The van der Waals surface area contributed by atoms with Crippen molar-refractivity contribution in [3.05, 3.63) is 63.5 Å². The zero-order valence-electron chi connectivity index (χ0n) is 18.4. The van der Waals surface area contributed by atoms with Crippen LogP contribution in [0.5, 0.6) is 5.88 Å². The fourth-order valence-corrected chi connectivity index (χ4v) is 4.97. The van der Waals surface area contributed by atoms with Crippen LogP contribution in [-0.4, -0.2) is 59.2 Å². The lowest BCUT2D eigenvalue weighted by Gasteiger charge is -2.27. The third-order valence-electron chi connectivity index (χ3n) is 6.51.